The van der Waals surface area contributed by atoms with Crippen LogP contribution in [0.4, 0.5) is 5.69 Å². The predicted octanol–water partition coefficient (Wildman–Crippen LogP) is -0.541. The number of oxime groups is 1. The minimum absolute atomic E-state index is 0.457. The van der Waals surface area contributed by atoms with Gasteiger partial charge in [0.2, 0.25) is 19.0 Å². The van der Waals surface area contributed by atoms with E-state index in [-0.39, 0.29) is 0 Å². The Bertz CT molecular complexity index is 728. The van der Waals surface area contributed by atoms with Crippen molar-refractivity contribution in [3.05, 3.63) is 54.6 Å². The Labute approximate surface area is 132 Å². The van der Waals surface area contributed by atoms with E-state index in [1.54, 1.807) is 42.9 Å². The summed E-state index contributed by atoms with van der Waals surface area (Å²) in [5.74, 6) is -0.969. The third-order valence-electron chi connectivity index (χ3n) is 3.09. The van der Waals surface area contributed by atoms with E-state index in [1.807, 2.05) is 15.3 Å². The molecule has 8 nitrogen and oxygen atoms in total. The van der Waals surface area contributed by atoms with E-state index in [9.17, 15) is 9.59 Å². The lowest BCUT2D eigenvalue weighted by atomic mass is 10.2. The van der Waals surface area contributed by atoms with Crippen molar-refractivity contribution < 1.29 is 23.9 Å². The zero-order chi connectivity index (χ0) is 16.7. The van der Waals surface area contributed by atoms with Gasteiger partial charge in [-0.1, -0.05) is 5.16 Å². The van der Waals surface area contributed by atoms with E-state index in [2.05, 4.69) is 10.5 Å². The van der Waals surface area contributed by atoms with Crippen molar-refractivity contribution in [2.75, 3.05) is 5.32 Å². The molecule has 8 heteroatoms. The first kappa shape index (κ1) is 16.1. The molecule has 0 aliphatic carbocycles. The SMILES string of the molecule is NC(=O)c1cc[n+](CC[n+]2cccc(NC(=O)/C=N\O)c2)cc1. The van der Waals surface area contributed by atoms with Gasteiger partial charge in [-0.05, 0) is 6.07 Å². The summed E-state index contributed by atoms with van der Waals surface area (Å²) in [5.41, 5.74) is 6.25. The van der Waals surface area contributed by atoms with Gasteiger partial charge >= 0.3 is 0 Å². The molecule has 0 aliphatic rings. The number of rotatable bonds is 6. The van der Waals surface area contributed by atoms with E-state index in [1.165, 1.54) is 0 Å². The Morgan fingerprint density at radius 1 is 1.17 bits per heavy atom. The van der Waals surface area contributed by atoms with Crippen LogP contribution in [-0.4, -0.2) is 23.2 Å². The van der Waals surface area contributed by atoms with Gasteiger partial charge in [-0.25, -0.2) is 0 Å². The molecule has 0 fully saturated rings. The number of nitrogens with two attached hydrogens (primary N) is 1. The molecule has 2 amide bonds. The van der Waals surface area contributed by atoms with Crippen LogP contribution in [0, 0.1) is 0 Å². The molecule has 0 aliphatic heterocycles. The van der Waals surface area contributed by atoms with Crippen LogP contribution in [-0.2, 0) is 17.9 Å². The highest BCUT2D eigenvalue weighted by Gasteiger charge is 2.09. The van der Waals surface area contributed by atoms with Crippen LogP contribution in [0.25, 0.3) is 0 Å². The number of carbonyl (C=O) groups excluding carboxylic acids is 2. The van der Waals surface area contributed by atoms with Crippen molar-refractivity contribution in [3.63, 3.8) is 0 Å². The molecule has 2 aromatic rings. The minimum atomic E-state index is -0.512. The minimum Gasteiger partial charge on any atom is -0.411 e. The number of aryl methyl sites for hydroxylation is 2. The van der Waals surface area contributed by atoms with Crippen LogP contribution < -0.4 is 20.2 Å². The number of primary amides is 1. The van der Waals surface area contributed by atoms with Crippen molar-refractivity contribution in [2.45, 2.75) is 13.1 Å². The largest absolute Gasteiger partial charge is 0.411 e. The molecular weight excluding hydrogens is 298 g/mol. The van der Waals surface area contributed by atoms with Gasteiger partial charge in [-0.15, -0.1) is 0 Å². The molecule has 2 aromatic heterocycles. The maximum absolute atomic E-state index is 11.3. The second-order valence-corrected chi connectivity index (χ2v) is 4.75. The highest BCUT2D eigenvalue weighted by atomic mass is 16.4. The molecule has 118 valence electrons. The number of hydrogen-bond acceptors (Lipinski definition) is 4. The van der Waals surface area contributed by atoms with Crippen LogP contribution >= 0.6 is 0 Å². The van der Waals surface area contributed by atoms with E-state index >= 15 is 0 Å². The number of aromatic nitrogens is 2. The molecule has 2 heterocycles. The number of carbonyl (C=O) groups is 2. The second kappa shape index (κ2) is 7.64. The molecule has 0 spiro atoms. The maximum Gasteiger partial charge on any atom is 0.270 e. The van der Waals surface area contributed by atoms with Crippen LogP contribution in [0.15, 0.2) is 54.2 Å². The first-order valence-electron chi connectivity index (χ1n) is 6.85. The van der Waals surface area contributed by atoms with Gasteiger partial charge in [0, 0.05) is 18.2 Å². The van der Waals surface area contributed by atoms with E-state index < -0.39 is 11.8 Å². The number of hydrogen-bond donors (Lipinski definition) is 3. The Morgan fingerprint density at radius 2 is 1.87 bits per heavy atom. The molecule has 2 rings (SSSR count). The smallest absolute Gasteiger partial charge is 0.270 e. The zero-order valence-electron chi connectivity index (χ0n) is 12.3. The molecule has 23 heavy (non-hydrogen) atoms. The molecule has 0 radical (unpaired) electrons. The third-order valence-corrected chi connectivity index (χ3v) is 3.09. The van der Waals surface area contributed by atoms with Crippen LogP contribution in [0.5, 0.6) is 0 Å². The number of nitrogens with one attached hydrogen (secondary N) is 1. The molecule has 0 atom stereocenters. The van der Waals surface area contributed by atoms with Crippen LogP contribution in [0.2, 0.25) is 0 Å². The van der Waals surface area contributed by atoms with Gasteiger partial charge < -0.3 is 16.3 Å². The molecule has 0 unspecified atom stereocenters. The van der Waals surface area contributed by atoms with Crippen LogP contribution in [0.3, 0.4) is 0 Å². The Hall–Kier alpha value is -3.29. The number of amides is 2. The lowest BCUT2D eigenvalue weighted by Crippen LogP contribution is -2.44. The Balaban J connectivity index is 1.97. The Kier molecular flexibility index (Phi) is 5.35. The summed E-state index contributed by atoms with van der Waals surface area (Å²) in [4.78, 5) is 22.3. The van der Waals surface area contributed by atoms with E-state index in [0.717, 1.165) is 6.21 Å². The van der Waals surface area contributed by atoms with Gasteiger partial charge in [-0.2, -0.15) is 9.13 Å². The van der Waals surface area contributed by atoms with Gasteiger partial charge in [-0.3, -0.25) is 9.59 Å². The second-order valence-electron chi connectivity index (χ2n) is 4.75. The fourth-order valence-corrected chi connectivity index (χ4v) is 1.96. The van der Waals surface area contributed by atoms with Gasteiger partial charge in [0.15, 0.2) is 24.8 Å². The molecular formula is C15H17N5O3+2. The van der Waals surface area contributed by atoms with Crippen molar-refractivity contribution in [2.24, 2.45) is 10.9 Å². The van der Waals surface area contributed by atoms with Crippen LogP contribution in [0.1, 0.15) is 10.4 Å². The summed E-state index contributed by atoms with van der Waals surface area (Å²) in [6.45, 7) is 1.34. The van der Waals surface area contributed by atoms with Crippen molar-refractivity contribution >= 4 is 23.7 Å². The highest BCUT2D eigenvalue weighted by Crippen LogP contribution is 2.00. The number of anilines is 1. The lowest BCUT2D eigenvalue weighted by Gasteiger charge is -2.01. The third kappa shape index (κ3) is 4.88. The molecule has 0 saturated heterocycles. The van der Waals surface area contributed by atoms with Crippen molar-refractivity contribution in [1.29, 1.82) is 0 Å². The average Bonchev–Trinajstić information content (AvgIpc) is 2.54. The normalized spacial score (nSPS) is 10.6. The summed E-state index contributed by atoms with van der Waals surface area (Å²) < 4.78 is 3.82. The fourth-order valence-electron chi connectivity index (χ4n) is 1.96. The van der Waals surface area contributed by atoms with Gasteiger partial charge in [0.05, 0.1) is 5.56 Å². The number of nitrogens with zero attached hydrogens (tertiary/aromatic N) is 3. The molecule has 0 saturated carbocycles. The number of pyridine rings is 2. The maximum atomic E-state index is 11.3. The molecule has 0 aromatic carbocycles. The summed E-state index contributed by atoms with van der Waals surface area (Å²) in [7, 11) is 0. The van der Waals surface area contributed by atoms with Crippen molar-refractivity contribution in [1.82, 2.24) is 0 Å². The first-order valence-corrected chi connectivity index (χ1v) is 6.85. The predicted molar refractivity (Wildman–Crippen MR) is 80.7 cm³/mol. The van der Waals surface area contributed by atoms with Crippen molar-refractivity contribution in [3.8, 4) is 0 Å². The highest BCUT2D eigenvalue weighted by molar-refractivity contribution is 6.31. The summed E-state index contributed by atoms with van der Waals surface area (Å²) in [6, 6.07) is 6.86. The average molecular weight is 315 g/mol. The Morgan fingerprint density at radius 3 is 2.52 bits per heavy atom. The van der Waals surface area contributed by atoms with E-state index in [0.29, 0.717) is 24.3 Å². The standard InChI is InChI=1S/C15H15N5O3/c16-15(22)12-3-6-19(7-4-12)8-9-20-5-1-2-13(11-20)18-14(21)10-17-23/h1-7,10-11H,8-9H2,(H2-2,16,18,21,22,23)/p+2. The molecule has 0 bridgehead atoms. The van der Waals surface area contributed by atoms with Gasteiger partial charge in [0.25, 0.3) is 5.91 Å². The summed E-state index contributed by atoms with van der Waals surface area (Å²) in [6.07, 6.45) is 7.98. The zero-order valence-corrected chi connectivity index (χ0v) is 12.3. The monoisotopic (exact) mass is 315 g/mol. The summed E-state index contributed by atoms with van der Waals surface area (Å²) >= 11 is 0. The molecule has 4 N–H and O–H groups in total. The van der Waals surface area contributed by atoms with Gasteiger partial charge in [0.1, 0.15) is 11.9 Å². The lowest BCUT2D eigenvalue weighted by molar-refractivity contribution is -0.778. The summed E-state index contributed by atoms with van der Waals surface area (Å²) in [5, 5.41) is 13.5. The van der Waals surface area contributed by atoms with E-state index in [4.69, 9.17) is 10.9 Å². The quantitative estimate of drug-likeness (QED) is 0.288. The topological polar surface area (TPSA) is 113 Å². The fraction of sp³-hybridized carbons (Fsp3) is 0.133. The first-order chi connectivity index (χ1) is 11.1.